The van der Waals surface area contributed by atoms with Crippen molar-refractivity contribution in [2.45, 2.75) is 20.0 Å². The summed E-state index contributed by atoms with van der Waals surface area (Å²) >= 11 is 12.6. The molecule has 16 heavy (non-hydrogen) atoms. The molecular weight excluding hydrogens is 357 g/mol. The van der Waals surface area contributed by atoms with Gasteiger partial charge in [0.25, 0.3) is 0 Å². The third-order valence-electron chi connectivity index (χ3n) is 2.31. The van der Waals surface area contributed by atoms with Gasteiger partial charge < -0.3 is 10.4 Å². The van der Waals surface area contributed by atoms with Gasteiger partial charge in [-0.05, 0) is 47.0 Å². The lowest BCUT2D eigenvalue weighted by atomic mass is 10.1. The van der Waals surface area contributed by atoms with E-state index >= 15 is 0 Å². The zero-order chi connectivity index (χ0) is 12.3. The Morgan fingerprint density at radius 2 is 2.00 bits per heavy atom. The van der Waals surface area contributed by atoms with Crippen LogP contribution in [0, 0.1) is 13.8 Å². The Labute approximate surface area is 118 Å². The average Bonchev–Trinajstić information content (AvgIpc) is 2.28. The zero-order valence-corrected chi connectivity index (χ0v) is 13.1. The molecule has 0 saturated heterocycles. The predicted octanol–water partition coefficient (Wildman–Crippen LogP) is 3.84. The monoisotopic (exact) mass is 369 g/mol. The van der Waals surface area contributed by atoms with Crippen molar-refractivity contribution in [1.29, 1.82) is 0 Å². The van der Waals surface area contributed by atoms with E-state index in [1.807, 2.05) is 19.9 Å². The molecule has 0 aliphatic heterocycles. The Morgan fingerprint density at radius 3 is 2.56 bits per heavy atom. The second-order valence-corrected chi connectivity index (χ2v) is 5.58. The fraction of sp³-hybridized carbons (Fsp3) is 0.455. The van der Waals surface area contributed by atoms with Crippen LogP contribution in [0.5, 0.6) is 0 Å². The number of hydrogen-bond acceptors (Lipinski definition) is 2. The van der Waals surface area contributed by atoms with Crippen LogP contribution in [0.2, 0.25) is 0 Å². The summed E-state index contributed by atoms with van der Waals surface area (Å²) in [6.07, 6.45) is -0.530. The van der Waals surface area contributed by atoms with Crippen LogP contribution >= 0.6 is 43.5 Å². The molecule has 0 amide bonds. The molecule has 0 aromatic heterocycles. The Morgan fingerprint density at radius 1 is 1.38 bits per heavy atom. The summed E-state index contributed by atoms with van der Waals surface area (Å²) in [6, 6.07) is 2.03. The van der Waals surface area contributed by atoms with Gasteiger partial charge in [-0.1, -0.05) is 15.9 Å². The van der Waals surface area contributed by atoms with Gasteiger partial charge in [0.15, 0.2) is 0 Å². The lowest BCUT2D eigenvalue weighted by Crippen LogP contribution is -2.21. The summed E-state index contributed by atoms with van der Waals surface area (Å²) < 4.78 is 2.11. The first-order valence-corrected chi connectivity index (χ1v) is 7.02. The Kier molecular flexibility index (Phi) is 5.57. The number of hydrogen-bond donors (Lipinski definition) is 2. The number of aryl methyl sites for hydroxylation is 1. The number of aliphatic hydroxyl groups excluding tert-OH is 1. The third kappa shape index (κ3) is 3.36. The van der Waals surface area contributed by atoms with E-state index in [1.54, 1.807) is 0 Å². The summed E-state index contributed by atoms with van der Waals surface area (Å²) in [7, 11) is 0. The normalized spacial score (nSPS) is 12.6. The van der Waals surface area contributed by atoms with E-state index < -0.39 is 6.10 Å². The summed E-state index contributed by atoms with van der Waals surface area (Å²) in [5, 5.41) is 12.6. The topological polar surface area (TPSA) is 32.3 Å². The van der Waals surface area contributed by atoms with E-state index in [9.17, 15) is 5.11 Å². The first-order chi connectivity index (χ1) is 7.47. The van der Waals surface area contributed by atoms with Crippen molar-refractivity contribution in [2.75, 3.05) is 17.7 Å². The van der Waals surface area contributed by atoms with Crippen molar-refractivity contribution in [3.8, 4) is 0 Å². The lowest BCUT2D eigenvalue weighted by molar-refractivity contribution is 0.211. The molecule has 1 rings (SSSR count). The smallest absolute Gasteiger partial charge is 0.0847 e. The molecule has 5 heteroatoms. The van der Waals surface area contributed by atoms with Crippen LogP contribution in [0.4, 0.5) is 5.69 Å². The van der Waals surface area contributed by atoms with Crippen LogP contribution in [0.25, 0.3) is 0 Å². The van der Waals surface area contributed by atoms with Gasteiger partial charge in [0.05, 0.1) is 12.0 Å². The molecular formula is C11H14Br2ClNO. The van der Waals surface area contributed by atoms with E-state index in [2.05, 4.69) is 37.2 Å². The predicted molar refractivity (Wildman–Crippen MR) is 76.5 cm³/mol. The van der Waals surface area contributed by atoms with Crippen molar-refractivity contribution in [3.05, 3.63) is 26.1 Å². The fourth-order valence-electron chi connectivity index (χ4n) is 1.35. The summed E-state index contributed by atoms with van der Waals surface area (Å²) in [5.41, 5.74) is 3.27. The number of aliphatic hydroxyl groups is 1. The van der Waals surface area contributed by atoms with Gasteiger partial charge in [0.2, 0.25) is 0 Å². The molecule has 0 spiro atoms. The molecule has 0 saturated carbocycles. The second-order valence-electron chi connectivity index (χ2n) is 3.68. The van der Waals surface area contributed by atoms with Crippen molar-refractivity contribution in [3.63, 3.8) is 0 Å². The number of rotatable bonds is 4. The highest BCUT2D eigenvalue weighted by atomic mass is 79.9. The number of anilines is 1. The van der Waals surface area contributed by atoms with Gasteiger partial charge in [0.1, 0.15) is 0 Å². The van der Waals surface area contributed by atoms with Crippen LogP contribution in [0.15, 0.2) is 15.0 Å². The molecule has 0 fully saturated rings. The maximum absolute atomic E-state index is 9.38. The Balaban J connectivity index is 2.89. The molecule has 2 N–H and O–H groups in total. The first kappa shape index (κ1) is 14.3. The van der Waals surface area contributed by atoms with Crippen LogP contribution in [-0.2, 0) is 0 Å². The van der Waals surface area contributed by atoms with Gasteiger partial charge in [-0.3, -0.25) is 0 Å². The molecule has 0 bridgehead atoms. The zero-order valence-electron chi connectivity index (χ0n) is 9.15. The molecule has 1 atom stereocenters. The van der Waals surface area contributed by atoms with Gasteiger partial charge in [-0.25, -0.2) is 0 Å². The SMILES string of the molecule is Cc1cc(NCC(O)CCl)c(Br)c(C)c1Br. The molecule has 1 aromatic rings. The maximum atomic E-state index is 9.38. The average molecular weight is 372 g/mol. The van der Waals surface area contributed by atoms with E-state index in [-0.39, 0.29) is 5.88 Å². The molecule has 90 valence electrons. The molecule has 2 nitrogen and oxygen atoms in total. The van der Waals surface area contributed by atoms with Crippen LogP contribution in [-0.4, -0.2) is 23.6 Å². The van der Waals surface area contributed by atoms with Crippen LogP contribution in [0.1, 0.15) is 11.1 Å². The van der Waals surface area contributed by atoms with Crippen LogP contribution in [0.3, 0.4) is 0 Å². The van der Waals surface area contributed by atoms with Crippen molar-refractivity contribution in [1.82, 2.24) is 0 Å². The van der Waals surface area contributed by atoms with Gasteiger partial charge in [0, 0.05) is 21.2 Å². The number of benzene rings is 1. The third-order valence-corrected chi connectivity index (χ3v) is 4.91. The number of alkyl halides is 1. The Bertz CT molecular complexity index is 385. The molecule has 0 aliphatic carbocycles. The van der Waals surface area contributed by atoms with Gasteiger partial charge >= 0.3 is 0 Å². The van der Waals surface area contributed by atoms with E-state index in [4.69, 9.17) is 11.6 Å². The summed E-state index contributed by atoms with van der Waals surface area (Å²) in [5.74, 6) is 0.235. The van der Waals surface area contributed by atoms with Crippen molar-refractivity contribution < 1.29 is 5.11 Å². The first-order valence-electron chi connectivity index (χ1n) is 4.90. The Hall–Kier alpha value is 0.230. The highest BCUT2D eigenvalue weighted by Crippen LogP contribution is 2.34. The molecule has 1 aromatic carbocycles. The summed E-state index contributed by atoms with van der Waals surface area (Å²) in [6.45, 7) is 4.51. The number of nitrogens with one attached hydrogen (secondary N) is 1. The minimum atomic E-state index is -0.530. The van der Waals surface area contributed by atoms with Crippen molar-refractivity contribution >= 4 is 49.1 Å². The van der Waals surface area contributed by atoms with E-state index in [0.29, 0.717) is 6.54 Å². The molecule has 1 unspecified atom stereocenters. The highest BCUT2D eigenvalue weighted by molar-refractivity contribution is 9.11. The summed E-state index contributed by atoms with van der Waals surface area (Å²) in [4.78, 5) is 0. The lowest BCUT2D eigenvalue weighted by Gasteiger charge is -2.15. The standard InChI is InChI=1S/C11H14Br2ClNO/c1-6-3-9(15-5-8(16)4-14)11(13)7(2)10(6)12/h3,8,15-16H,4-5H2,1-2H3. The van der Waals surface area contributed by atoms with E-state index in [0.717, 1.165) is 25.8 Å². The van der Waals surface area contributed by atoms with Crippen molar-refractivity contribution in [2.24, 2.45) is 0 Å². The van der Waals surface area contributed by atoms with Gasteiger partial charge in [-0.15, -0.1) is 11.6 Å². The molecule has 0 radical (unpaired) electrons. The highest BCUT2D eigenvalue weighted by Gasteiger charge is 2.10. The second kappa shape index (κ2) is 6.24. The molecule has 0 aliphatic rings. The largest absolute Gasteiger partial charge is 0.390 e. The minimum absolute atomic E-state index is 0.235. The quantitative estimate of drug-likeness (QED) is 0.788. The fourth-order valence-corrected chi connectivity index (χ4v) is 2.49. The molecule has 0 heterocycles. The van der Waals surface area contributed by atoms with E-state index in [1.165, 1.54) is 0 Å². The van der Waals surface area contributed by atoms with Crippen LogP contribution < -0.4 is 5.32 Å². The minimum Gasteiger partial charge on any atom is -0.390 e. The number of halogens is 3. The maximum Gasteiger partial charge on any atom is 0.0847 e. The van der Waals surface area contributed by atoms with Gasteiger partial charge in [-0.2, -0.15) is 0 Å².